The fourth-order valence-corrected chi connectivity index (χ4v) is 3.46. The lowest BCUT2D eigenvalue weighted by atomic mass is 10.2. The molecule has 146 valence electrons. The van der Waals surface area contributed by atoms with Gasteiger partial charge in [-0.1, -0.05) is 62.1 Å². The van der Waals surface area contributed by atoms with Crippen LogP contribution in [0.25, 0.3) is 11.3 Å². The van der Waals surface area contributed by atoms with Gasteiger partial charge in [0.05, 0.1) is 18.5 Å². The Bertz CT molecular complexity index is 893. The summed E-state index contributed by atoms with van der Waals surface area (Å²) in [6.07, 6.45) is 6.52. The highest BCUT2D eigenvalue weighted by molar-refractivity contribution is 7.14. The molecule has 0 unspecified atom stereocenters. The van der Waals surface area contributed by atoms with Crippen molar-refractivity contribution in [3.63, 3.8) is 0 Å². The van der Waals surface area contributed by atoms with Gasteiger partial charge in [-0.15, -0.1) is 11.3 Å². The summed E-state index contributed by atoms with van der Waals surface area (Å²) >= 11 is 7.45. The molecule has 2 aromatic carbocycles. The topological polar surface area (TPSA) is 46.5 Å². The van der Waals surface area contributed by atoms with Crippen LogP contribution in [-0.2, 0) is 0 Å². The van der Waals surface area contributed by atoms with Crippen LogP contribution in [0, 0.1) is 0 Å². The summed E-state index contributed by atoms with van der Waals surface area (Å²) in [6.45, 7) is 2.94. The number of halogens is 1. The highest BCUT2D eigenvalue weighted by atomic mass is 35.5. The molecule has 0 fully saturated rings. The van der Waals surface area contributed by atoms with Crippen LogP contribution in [0.2, 0.25) is 5.02 Å². The number of ether oxygens (including phenoxy) is 1. The predicted octanol–water partition coefficient (Wildman–Crippen LogP) is 6.87. The molecule has 4 nitrogen and oxygen atoms in total. The first-order valence-corrected chi connectivity index (χ1v) is 10.7. The van der Waals surface area contributed by atoms with Crippen LogP contribution >= 0.6 is 22.9 Å². The van der Waals surface area contributed by atoms with E-state index in [1.54, 1.807) is 6.21 Å². The van der Waals surface area contributed by atoms with Crippen LogP contribution in [0.3, 0.4) is 0 Å². The Balaban J connectivity index is 1.57. The van der Waals surface area contributed by atoms with Crippen molar-refractivity contribution >= 4 is 34.3 Å². The van der Waals surface area contributed by atoms with E-state index in [9.17, 15) is 0 Å². The summed E-state index contributed by atoms with van der Waals surface area (Å²) in [5, 5.41) is 7.77. The van der Waals surface area contributed by atoms with Crippen molar-refractivity contribution < 1.29 is 4.74 Å². The third kappa shape index (κ3) is 6.08. The molecular weight excluding hydrogens is 390 g/mol. The van der Waals surface area contributed by atoms with Crippen molar-refractivity contribution in [3.05, 3.63) is 64.5 Å². The second kappa shape index (κ2) is 10.8. The summed E-state index contributed by atoms with van der Waals surface area (Å²) < 4.78 is 5.92. The minimum Gasteiger partial charge on any atom is -0.493 e. The molecule has 0 aliphatic carbocycles. The van der Waals surface area contributed by atoms with Crippen LogP contribution in [0.4, 0.5) is 5.13 Å². The van der Waals surface area contributed by atoms with E-state index in [-0.39, 0.29) is 0 Å². The summed E-state index contributed by atoms with van der Waals surface area (Å²) in [5.74, 6) is 0.852. The van der Waals surface area contributed by atoms with Crippen molar-refractivity contribution in [1.29, 1.82) is 0 Å². The highest BCUT2D eigenvalue weighted by Crippen LogP contribution is 2.26. The zero-order chi connectivity index (χ0) is 19.6. The molecule has 0 saturated heterocycles. The minimum atomic E-state index is 0.716. The number of anilines is 1. The second-order valence-electron chi connectivity index (χ2n) is 6.36. The smallest absolute Gasteiger partial charge is 0.203 e. The lowest BCUT2D eigenvalue weighted by Crippen LogP contribution is -2.00. The maximum Gasteiger partial charge on any atom is 0.203 e. The second-order valence-corrected chi connectivity index (χ2v) is 7.66. The third-order valence-electron chi connectivity index (χ3n) is 4.18. The number of thiazole rings is 1. The van der Waals surface area contributed by atoms with Crippen molar-refractivity contribution in [1.82, 2.24) is 4.98 Å². The van der Waals surface area contributed by atoms with Crippen LogP contribution in [0.1, 0.15) is 38.2 Å². The number of hydrogen-bond donors (Lipinski definition) is 1. The number of rotatable bonds is 10. The van der Waals surface area contributed by atoms with Gasteiger partial charge < -0.3 is 4.74 Å². The van der Waals surface area contributed by atoms with Gasteiger partial charge in [0, 0.05) is 21.5 Å². The fraction of sp³-hybridized carbons (Fsp3) is 0.273. The van der Waals surface area contributed by atoms with Crippen molar-refractivity contribution in [2.24, 2.45) is 5.10 Å². The van der Waals surface area contributed by atoms with Crippen LogP contribution in [0.5, 0.6) is 5.75 Å². The van der Waals surface area contributed by atoms with Crippen LogP contribution in [0.15, 0.2) is 59.0 Å². The normalized spacial score (nSPS) is 11.1. The van der Waals surface area contributed by atoms with Gasteiger partial charge in [-0.2, -0.15) is 5.10 Å². The largest absolute Gasteiger partial charge is 0.493 e. The lowest BCUT2D eigenvalue weighted by molar-refractivity contribution is 0.304. The van der Waals surface area contributed by atoms with Gasteiger partial charge in [0.2, 0.25) is 5.13 Å². The van der Waals surface area contributed by atoms with E-state index >= 15 is 0 Å². The van der Waals surface area contributed by atoms with Gasteiger partial charge in [-0.05, 0) is 30.7 Å². The number of hydrazone groups is 1. The molecule has 3 rings (SSSR count). The summed E-state index contributed by atoms with van der Waals surface area (Å²) in [5.41, 5.74) is 5.87. The van der Waals surface area contributed by atoms with Crippen molar-refractivity contribution in [2.75, 3.05) is 12.0 Å². The Labute approximate surface area is 175 Å². The number of aromatic nitrogens is 1. The van der Waals surface area contributed by atoms with E-state index < -0.39 is 0 Å². The molecule has 0 amide bonds. The molecule has 1 aromatic heterocycles. The number of nitrogens with zero attached hydrogens (tertiary/aromatic N) is 2. The van der Waals surface area contributed by atoms with E-state index in [0.717, 1.165) is 40.7 Å². The van der Waals surface area contributed by atoms with Gasteiger partial charge in [-0.25, -0.2) is 4.98 Å². The molecule has 0 spiro atoms. The Kier molecular flexibility index (Phi) is 7.88. The molecule has 6 heteroatoms. The third-order valence-corrected chi connectivity index (χ3v) is 5.18. The van der Waals surface area contributed by atoms with E-state index in [0.29, 0.717) is 5.02 Å². The number of para-hydroxylation sites is 1. The number of benzene rings is 2. The Morgan fingerprint density at radius 2 is 1.93 bits per heavy atom. The fourth-order valence-electron chi connectivity index (χ4n) is 2.66. The lowest BCUT2D eigenvalue weighted by Gasteiger charge is -2.08. The molecule has 0 atom stereocenters. The first-order chi connectivity index (χ1) is 13.8. The number of nitrogens with one attached hydrogen (secondary N) is 1. The minimum absolute atomic E-state index is 0.716. The van der Waals surface area contributed by atoms with E-state index in [1.807, 2.05) is 53.9 Å². The first-order valence-electron chi connectivity index (χ1n) is 9.48. The summed E-state index contributed by atoms with van der Waals surface area (Å²) in [7, 11) is 0. The molecule has 28 heavy (non-hydrogen) atoms. The van der Waals surface area contributed by atoms with Gasteiger partial charge in [0.1, 0.15) is 5.75 Å². The Morgan fingerprint density at radius 1 is 1.11 bits per heavy atom. The SMILES string of the molecule is CCCCCCOc1ccccc1/C=N/Nc1nc(-c2ccc(Cl)cc2)cs1. The van der Waals surface area contributed by atoms with Crippen molar-refractivity contribution in [2.45, 2.75) is 32.6 Å². The Morgan fingerprint density at radius 3 is 2.75 bits per heavy atom. The molecule has 0 radical (unpaired) electrons. The van der Waals surface area contributed by atoms with Gasteiger partial charge in [0.15, 0.2) is 0 Å². The van der Waals surface area contributed by atoms with E-state index in [1.165, 1.54) is 30.6 Å². The molecule has 0 aliphatic heterocycles. The quantitative estimate of drug-likeness (QED) is 0.224. The Hall–Kier alpha value is -2.37. The molecule has 3 aromatic rings. The van der Waals surface area contributed by atoms with Gasteiger partial charge >= 0.3 is 0 Å². The monoisotopic (exact) mass is 413 g/mol. The average Bonchev–Trinajstić information content (AvgIpc) is 3.18. The van der Waals surface area contributed by atoms with Crippen LogP contribution < -0.4 is 10.2 Å². The first kappa shape index (κ1) is 20.4. The molecule has 1 N–H and O–H groups in total. The molecule has 0 bridgehead atoms. The van der Waals surface area contributed by atoms with E-state index in [4.69, 9.17) is 16.3 Å². The number of unbranched alkanes of at least 4 members (excludes halogenated alkanes) is 3. The molecule has 1 heterocycles. The van der Waals surface area contributed by atoms with Crippen molar-refractivity contribution in [3.8, 4) is 17.0 Å². The molecule has 0 aliphatic rings. The van der Waals surface area contributed by atoms with Gasteiger partial charge in [-0.3, -0.25) is 5.43 Å². The predicted molar refractivity (Wildman–Crippen MR) is 120 cm³/mol. The summed E-state index contributed by atoms with van der Waals surface area (Å²) in [4.78, 5) is 4.56. The maximum atomic E-state index is 5.94. The molecule has 0 saturated carbocycles. The maximum absolute atomic E-state index is 5.94. The zero-order valence-electron chi connectivity index (χ0n) is 15.9. The number of hydrogen-bond acceptors (Lipinski definition) is 5. The highest BCUT2D eigenvalue weighted by Gasteiger charge is 2.04. The summed E-state index contributed by atoms with van der Waals surface area (Å²) in [6, 6.07) is 15.6. The van der Waals surface area contributed by atoms with Gasteiger partial charge in [0.25, 0.3) is 0 Å². The standard InChI is InChI=1S/C22H24ClN3OS/c1-2-3-4-7-14-27-21-9-6-5-8-18(21)15-24-26-22-25-20(16-28-22)17-10-12-19(23)13-11-17/h5-6,8-13,15-16H,2-4,7,14H2,1H3,(H,25,26)/b24-15+. The molecular formula is C22H24ClN3OS. The average molecular weight is 414 g/mol. The van der Waals surface area contributed by atoms with Crippen LogP contribution in [-0.4, -0.2) is 17.8 Å². The van der Waals surface area contributed by atoms with E-state index in [2.05, 4.69) is 22.4 Å². The zero-order valence-corrected chi connectivity index (χ0v) is 17.5.